The van der Waals surface area contributed by atoms with Crippen LogP contribution in [0.1, 0.15) is 21.6 Å². The van der Waals surface area contributed by atoms with Crippen LogP contribution in [0, 0.1) is 6.92 Å². The van der Waals surface area contributed by atoms with E-state index in [1.165, 1.54) is 11.9 Å². The zero-order valence-electron chi connectivity index (χ0n) is 14.4. The van der Waals surface area contributed by atoms with Crippen molar-refractivity contribution in [3.05, 3.63) is 82.8 Å². The maximum absolute atomic E-state index is 12.4. The first-order valence-electron chi connectivity index (χ1n) is 8.29. The number of carbonyl (C=O) groups is 1. The monoisotopic (exact) mass is 366 g/mol. The summed E-state index contributed by atoms with van der Waals surface area (Å²) < 4.78 is 0. The van der Waals surface area contributed by atoms with E-state index in [2.05, 4.69) is 32.7 Å². The van der Waals surface area contributed by atoms with Crippen molar-refractivity contribution in [1.29, 1.82) is 0 Å². The molecule has 3 rings (SSSR count). The Balaban J connectivity index is 1.60. The molecule has 132 valence electrons. The molecule has 0 saturated heterocycles. The van der Waals surface area contributed by atoms with Crippen LogP contribution in [0.3, 0.4) is 0 Å². The van der Waals surface area contributed by atoms with Crippen LogP contribution in [0.4, 0.5) is 11.5 Å². The van der Waals surface area contributed by atoms with E-state index in [1.807, 2.05) is 31.2 Å². The van der Waals surface area contributed by atoms with Crippen molar-refractivity contribution in [3.8, 4) is 0 Å². The highest BCUT2D eigenvalue weighted by atomic mass is 35.5. The van der Waals surface area contributed by atoms with E-state index >= 15 is 0 Å². The fourth-order valence-electron chi connectivity index (χ4n) is 2.42. The van der Waals surface area contributed by atoms with Crippen molar-refractivity contribution in [3.63, 3.8) is 0 Å². The van der Waals surface area contributed by atoms with E-state index in [1.54, 1.807) is 18.2 Å². The largest absolute Gasteiger partial charge is 0.370 e. The lowest BCUT2D eigenvalue weighted by Crippen LogP contribution is -2.15. The van der Waals surface area contributed by atoms with E-state index in [0.29, 0.717) is 22.2 Å². The number of nitrogens with one attached hydrogen (secondary N) is 2. The minimum Gasteiger partial charge on any atom is -0.370 e. The molecule has 0 bridgehead atoms. The third-order valence-electron chi connectivity index (χ3n) is 3.89. The maximum Gasteiger partial charge on any atom is 0.274 e. The van der Waals surface area contributed by atoms with Crippen molar-refractivity contribution in [1.82, 2.24) is 9.97 Å². The molecule has 2 aromatic carbocycles. The zero-order chi connectivity index (χ0) is 18.4. The Morgan fingerprint density at radius 3 is 2.65 bits per heavy atom. The van der Waals surface area contributed by atoms with Gasteiger partial charge in [-0.1, -0.05) is 48.0 Å². The number of carbonyl (C=O) groups excluding carboxylic acids is 1. The fraction of sp³-hybridized carbons (Fsp3) is 0.150. The minimum atomic E-state index is -0.307. The smallest absolute Gasteiger partial charge is 0.274 e. The Morgan fingerprint density at radius 2 is 1.88 bits per heavy atom. The van der Waals surface area contributed by atoms with Gasteiger partial charge < -0.3 is 10.6 Å². The van der Waals surface area contributed by atoms with Crippen molar-refractivity contribution in [2.75, 3.05) is 17.2 Å². The normalized spacial score (nSPS) is 10.4. The molecule has 0 aliphatic carbocycles. The summed E-state index contributed by atoms with van der Waals surface area (Å²) in [6.45, 7) is 2.63. The van der Waals surface area contributed by atoms with Crippen LogP contribution in [-0.2, 0) is 6.42 Å². The summed E-state index contributed by atoms with van der Waals surface area (Å²) in [5.41, 5.74) is 3.11. The molecule has 1 aromatic heterocycles. The topological polar surface area (TPSA) is 66.9 Å². The summed E-state index contributed by atoms with van der Waals surface area (Å²) in [6, 6.07) is 17.2. The van der Waals surface area contributed by atoms with Crippen LogP contribution < -0.4 is 10.6 Å². The molecular formula is C20H19ClN4O. The third-order valence-corrected chi connectivity index (χ3v) is 4.30. The lowest BCUT2D eigenvalue weighted by Gasteiger charge is -2.08. The Hall–Kier alpha value is -2.92. The van der Waals surface area contributed by atoms with Gasteiger partial charge in [-0.15, -0.1) is 0 Å². The number of rotatable bonds is 6. The molecule has 6 heteroatoms. The molecule has 0 fully saturated rings. The van der Waals surface area contributed by atoms with Gasteiger partial charge in [0.2, 0.25) is 0 Å². The Labute approximate surface area is 157 Å². The van der Waals surface area contributed by atoms with Gasteiger partial charge in [0, 0.05) is 23.3 Å². The highest BCUT2D eigenvalue weighted by Gasteiger charge is 2.10. The maximum atomic E-state index is 12.4. The molecule has 0 unspecified atom stereocenters. The third kappa shape index (κ3) is 4.80. The van der Waals surface area contributed by atoms with E-state index in [9.17, 15) is 4.79 Å². The van der Waals surface area contributed by atoms with Gasteiger partial charge in [0.1, 0.15) is 17.8 Å². The summed E-state index contributed by atoms with van der Waals surface area (Å²) in [4.78, 5) is 20.6. The Morgan fingerprint density at radius 1 is 1.08 bits per heavy atom. The highest BCUT2D eigenvalue weighted by Crippen LogP contribution is 2.20. The van der Waals surface area contributed by atoms with Crippen molar-refractivity contribution in [2.45, 2.75) is 13.3 Å². The number of aromatic nitrogens is 2. The number of nitrogens with zero attached hydrogens (tertiary/aromatic N) is 2. The summed E-state index contributed by atoms with van der Waals surface area (Å²) in [7, 11) is 0. The SMILES string of the molecule is Cc1ccc(NC(=O)c2cc(NCCc3ccccc3)ncn2)cc1Cl. The second kappa shape index (κ2) is 8.45. The van der Waals surface area contributed by atoms with Gasteiger partial charge in [0.05, 0.1) is 0 Å². The summed E-state index contributed by atoms with van der Waals surface area (Å²) in [5.74, 6) is 0.307. The summed E-state index contributed by atoms with van der Waals surface area (Å²) in [5, 5.41) is 6.62. The van der Waals surface area contributed by atoms with E-state index < -0.39 is 0 Å². The first kappa shape index (κ1) is 17.9. The Kier molecular flexibility index (Phi) is 5.81. The van der Waals surface area contributed by atoms with Crippen LogP contribution >= 0.6 is 11.6 Å². The van der Waals surface area contributed by atoms with E-state index in [-0.39, 0.29) is 5.91 Å². The highest BCUT2D eigenvalue weighted by molar-refractivity contribution is 6.31. The van der Waals surface area contributed by atoms with Crippen molar-refractivity contribution in [2.24, 2.45) is 0 Å². The zero-order valence-corrected chi connectivity index (χ0v) is 15.1. The minimum absolute atomic E-state index is 0.291. The predicted molar refractivity (Wildman–Crippen MR) is 105 cm³/mol. The molecule has 0 spiro atoms. The molecular weight excluding hydrogens is 348 g/mol. The van der Waals surface area contributed by atoms with Gasteiger partial charge >= 0.3 is 0 Å². The van der Waals surface area contributed by atoms with Crippen LogP contribution in [0.15, 0.2) is 60.9 Å². The first-order valence-corrected chi connectivity index (χ1v) is 8.67. The number of hydrogen-bond acceptors (Lipinski definition) is 4. The summed E-state index contributed by atoms with van der Waals surface area (Å²) in [6.07, 6.45) is 2.25. The number of amides is 1. The molecule has 3 aromatic rings. The van der Waals surface area contributed by atoms with Gasteiger partial charge in [-0.3, -0.25) is 4.79 Å². The van der Waals surface area contributed by atoms with Crippen LogP contribution in [0.25, 0.3) is 0 Å². The number of hydrogen-bond donors (Lipinski definition) is 2. The fourth-order valence-corrected chi connectivity index (χ4v) is 2.60. The second-order valence-corrected chi connectivity index (χ2v) is 6.28. The second-order valence-electron chi connectivity index (χ2n) is 5.87. The average Bonchev–Trinajstić information content (AvgIpc) is 2.66. The number of halogens is 1. The number of anilines is 2. The van der Waals surface area contributed by atoms with Gasteiger partial charge in [0.15, 0.2) is 0 Å². The van der Waals surface area contributed by atoms with E-state index in [0.717, 1.165) is 18.5 Å². The standard InChI is InChI=1S/C20H19ClN4O/c1-14-7-8-16(11-17(14)21)25-20(26)18-12-19(24-13-23-18)22-10-9-15-5-3-2-4-6-15/h2-8,11-13H,9-10H2,1H3,(H,25,26)(H,22,23,24). The predicted octanol–water partition coefficient (Wildman–Crippen LogP) is 4.35. The van der Waals surface area contributed by atoms with E-state index in [4.69, 9.17) is 11.6 Å². The lowest BCUT2D eigenvalue weighted by molar-refractivity contribution is 0.102. The molecule has 26 heavy (non-hydrogen) atoms. The average molecular weight is 367 g/mol. The molecule has 0 radical (unpaired) electrons. The van der Waals surface area contributed by atoms with Crippen molar-refractivity contribution < 1.29 is 4.79 Å². The van der Waals surface area contributed by atoms with Crippen molar-refractivity contribution >= 4 is 29.0 Å². The molecule has 1 heterocycles. The van der Waals surface area contributed by atoms with Gasteiger partial charge in [-0.25, -0.2) is 9.97 Å². The van der Waals surface area contributed by atoms with Crippen LogP contribution in [0.5, 0.6) is 0 Å². The number of benzene rings is 2. The quantitative estimate of drug-likeness (QED) is 0.680. The van der Waals surface area contributed by atoms with Gasteiger partial charge in [0.25, 0.3) is 5.91 Å². The van der Waals surface area contributed by atoms with Crippen LogP contribution in [-0.4, -0.2) is 22.4 Å². The summed E-state index contributed by atoms with van der Waals surface area (Å²) >= 11 is 6.09. The molecule has 0 aliphatic rings. The van der Waals surface area contributed by atoms with Gasteiger partial charge in [-0.2, -0.15) is 0 Å². The molecule has 0 aliphatic heterocycles. The molecule has 1 amide bonds. The lowest BCUT2D eigenvalue weighted by atomic mass is 10.1. The van der Waals surface area contributed by atoms with Gasteiger partial charge in [-0.05, 0) is 36.6 Å². The first-order chi connectivity index (χ1) is 12.6. The molecule has 5 nitrogen and oxygen atoms in total. The number of aryl methyl sites for hydroxylation is 1. The van der Waals surface area contributed by atoms with Crippen LogP contribution in [0.2, 0.25) is 5.02 Å². The Bertz CT molecular complexity index is 899. The molecule has 0 saturated carbocycles. The molecule has 2 N–H and O–H groups in total. The molecule has 0 atom stereocenters.